The van der Waals surface area contributed by atoms with E-state index in [1.165, 1.54) is 7.11 Å². The molecule has 8 nitrogen and oxygen atoms in total. The van der Waals surface area contributed by atoms with Gasteiger partial charge in [-0.2, -0.15) is 0 Å². The summed E-state index contributed by atoms with van der Waals surface area (Å²) in [5.41, 5.74) is 9.47. The molecule has 0 unspecified atom stereocenters. The number of rotatable bonds is 8. The lowest BCUT2D eigenvalue weighted by Gasteiger charge is -2.13. The number of ketones is 1. The average Bonchev–Trinajstić information content (AvgIpc) is 3.28. The number of nitrogens with one attached hydrogen (secondary N) is 1. The lowest BCUT2D eigenvalue weighted by atomic mass is 9.93. The molecule has 1 amide bonds. The summed E-state index contributed by atoms with van der Waals surface area (Å²) in [5, 5.41) is 8.12. The van der Waals surface area contributed by atoms with Crippen LogP contribution >= 0.6 is 0 Å². The van der Waals surface area contributed by atoms with Crippen molar-refractivity contribution in [2.75, 3.05) is 12.4 Å². The van der Waals surface area contributed by atoms with Crippen molar-refractivity contribution in [3.8, 4) is 5.75 Å². The molecule has 2 aromatic heterocycles. The van der Waals surface area contributed by atoms with Gasteiger partial charge in [-0.25, -0.2) is 0 Å². The minimum absolute atomic E-state index is 0.0625. The number of nitrogens with zero attached hydrogens (tertiary/aromatic N) is 2. The summed E-state index contributed by atoms with van der Waals surface area (Å²) < 4.78 is 10.6. The number of carbonyl (C=O) groups is 2. The number of hydrogen-bond acceptors (Lipinski definition) is 7. The van der Waals surface area contributed by atoms with Crippen molar-refractivity contribution >= 4 is 34.0 Å². The van der Waals surface area contributed by atoms with Gasteiger partial charge in [0.2, 0.25) is 0 Å². The van der Waals surface area contributed by atoms with Gasteiger partial charge in [-0.1, -0.05) is 38.1 Å². The molecule has 0 aliphatic carbocycles. The summed E-state index contributed by atoms with van der Waals surface area (Å²) >= 11 is 0. The van der Waals surface area contributed by atoms with Gasteiger partial charge >= 0.3 is 0 Å². The molecule has 8 heteroatoms. The number of carbonyl (C=O) groups excluding carboxylic acids is 2. The standard InChI is InChI=1S/C27H28N4O4/c1-27(2,3)25-13-18(31-35-25)12-19(32)11-16-5-7-17(8-6-16)30-22-9-10-29-23-15-24(34-4)21(26(28)33)14-20(22)23/h5-10,13-15H,11-12H2,1-4H3,(H2,28,33)(H,29,30). The lowest BCUT2D eigenvalue weighted by molar-refractivity contribution is -0.117. The Morgan fingerprint density at radius 3 is 2.43 bits per heavy atom. The van der Waals surface area contributed by atoms with Crippen molar-refractivity contribution in [2.24, 2.45) is 5.73 Å². The van der Waals surface area contributed by atoms with E-state index in [9.17, 15) is 9.59 Å². The first-order chi connectivity index (χ1) is 16.6. The van der Waals surface area contributed by atoms with Crippen molar-refractivity contribution in [3.05, 3.63) is 77.3 Å². The molecule has 180 valence electrons. The SMILES string of the molecule is COc1cc2nccc(Nc3ccc(CC(=O)Cc4cc(C(C)(C)C)on4)cc3)c2cc1C(N)=O. The largest absolute Gasteiger partial charge is 0.496 e. The van der Waals surface area contributed by atoms with E-state index in [1.54, 1.807) is 18.3 Å². The maximum atomic E-state index is 12.6. The van der Waals surface area contributed by atoms with Crippen molar-refractivity contribution in [2.45, 2.75) is 39.0 Å². The Labute approximate surface area is 203 Å². The third-order valence-electron chi connectivity index (χ3n) is 5.64. The number of anilines is 2. The zero-order valence-electron chi connectivity index (χ0n) is 20.2. The van der Waals surface area contributed by atoms with E-state index in [0.29, 0.717) is 23.4 Å². The smallest absolute Gasteiger partial charge is 0.252 e. The van der Waals surface area contributed by atoms with E-state index in [0.717, 1.165) is 28.1 Å². The third-order valence-corrected chi connectivity index (χ3v) is 5.64. The van der Waals surface area contributed by atoms with Crippen LogP contribution in [0.2, 0.25) is 0 Å². The number of amides is 1. The molecule has 0 fully saturated rings. The van der Waals surface area contributed by atoms with Gasteiger partial charge in [-0.3, -0.25) is 14.6 Å². The topological polar surface area (TPSA) is 120 Å². The summed E-state index contributed by atoms with van der Waals surface area (Å²) in [6.07, 6.45) is 2.21. The van der Waals surface area contributed by atoms with Crippen LogP contribution in [0.4, 0.5) is 11.4 Å². The number of fused-ring (bicyclic) bond motifs is 1. The van der Waals surface area contributed by atoms with Gasteiger partial charge in [0.05, 0.1) is 30.3 Å². The number of Topliss-reactive ketones (excluding diaryl/α,β-unsaturated/α-hetero) is 1. The Bertz CT molecular complexity index is 1380. The molecule has 0 saturated carbocycles. The first-order valence-corrected chi connectivity index (χ1v) is 11.2. The van der Waals surface area contributed by atoms with Crippen molar-refractivity contribution < 1.29 is 18.8 Å². The predicted octanol–water partition coefficient (Wildman–Crippen LogP) is 4.73. The fourth-order valence-electron chi connectivity index (χ4n) is 3.75. The van der Waals surface area contributed by atoms with Crippen molar-refractivity contribution in [1.82, 2.24) is 10.1 Å². The van der Waals surface area contributed by atoms with E-state index in [2.05, 4.69) is 15.5 Å². The summed E-state index contributed by atoms with van der Waals surface area (Å²) in [5.74, 6) is 0.630. The number of ether oxygens (including phenoxy) is 1. The zero-order chi connectivity index (χ0) is 25.2. The van der Waals surface area contributed by atoms with Crippen LogP contribution in [0.3, 0.4) is 0 Å². The van der Waals surface area contributed by atoms with Gasteiger partial charge < -0.3 is 20.3 Å². The average molecular weight is 473 g/mol. The summed E-state index contributed by atoms with van der Waals surface area (Å²) in [7, 11) is 1.48. The van der Waals surface area contributed by atoms with Crippen molar-refractivity contribution in [3.63, 3.8) is 0 Å². The van der Waals surface area contributed by atoms with Gasteiger partial charge in [0.15, 0.2) is 0 Å². The second kappa shape index (κ2) is 9.58. The minimum atomic E-state index is -0.576. The maximum Gasteiger partial charge on any atom is 0.252 e. The molecule has 0 bridgehead atoms. The second-order valence-electron chi connectivity index (χ2n) is 9.44. The van der Waals surface area contributed by atoms with E-state index in [-0.39, 0.29) is 23.2 Å². The number of nitrogens with two attached hydrogens (primary N) is 1. The Morgan fingerprint density at radius 1 is 1.06 bits per heavy atom. The monoisotopic (exact) mass is 472 g/mol. The first-order valence-electron chi connectivity index (χ1n) is 11.2. The van der Waals surface area contributed by atoms with Crippen LogP contribution in [0.25, 0.3) is 10.9 Å². The van der Waals surface area contributed by atoms with E-state index < -0.39 is 5.91 Å². The number of methoxy groups -OCH3 is 1. The zero-order valence-corrected chi connectivity index (χ0v) is 20.2. The van der Waals surface area contributed by atoms with Crippen LogP contribution in [-0.2, 0) is 23.1 Å². The fourth-order valence-corrected chi connectivity index (χ4v) is 3.75. The summed E-state index contributed by atoms with van der Waals surface area (Å²) in [6, 6.07) is 14.7. The second-order valence-corrected chi connectivity index (χ2v) is 9.44. The Hall–Kier alpha value is -4.20. The molecule has 0 atom stereocenters. The van der Waals surface area contributed by atoms with Crippen LogP contribution in [0.5, 0.6) is 5.75 Å². The molecule has 0 aliphatic rings. The van der Waals surface area contributed by atoms with E-state index in [1.807, 2.05) is 57.2 Å². The van der Waals surface area contributed by atoms with E-state index in [4.69, 9.17) is 15.0 Å². The van der Waals surface area contributed by atoms with Crippen LogP contribution in [0.1, 0.15) is 48.1 Å². The highest BCUT2D eigenvalue weighted by atomic mass is 16.5. The minimum Gasteiger partial charge on any atom is -0.496 e. The van der Waals surface area contributed by atoms with Crippen LogP contribution in [-0.4, -0.2) is 28.9 Å². The Morgan fingerprint density at radius 2 is 1.80 bits per heavy atom. The highest BCUT2D eigenvalue weighted by Crippen LogP contribution is 2.31. The van der Waals surface area contributed by atoms with Crippen molar-refractivity contribution in [1.29, 1.82) is 0 Å². The molecule has 4 aromatic rings. The Balaban J connectivity index is 1.46. The molecule has 2 heterocycles. The molecule has 4 rings (SSSR count). The molecular formula is C27H28N4O4. The van der Waals surface area contributed by atoms with Gasteiger partial charge in [0.1, 0.15) is 17.3 Å². The van der Waals surface area contributed by atoms with Gasteiger partial charge in [-0.05, 0) is 29.8 Å². The number of primary amides is 1. The van der Waals surface area contributed by atoms with Crippen LogP contribution < -0.4 is 15.8 Å². The summed E-state index contributed by atoms with van der Waals surface area (Å²) in [6.45, 7) is 6.12. The first kappa shape index (κ1) is 23.9. The molecule has 2 aromatic carbocycles. The Kier molecular flexibility index (Phi) is 6.55. The number of pyridine rings is 1. The molecule has 3 N–H and O–H groups in total. The highest BCUT2D eigenvalue weighted by Gasteiger charge is 2.20. The maximum absolute atomic E-state index is 12.6. The van der Waals surface area contributed by atoms with Crippen LogP contribution in [0.15, 0.2) is 59.3 Å². The third kappa shape index (κ3) is 5.48. The molecular weight excluding hydrogens is 444 g/mol. The highest BCUT2D eigenvalue weighted by molar-refractivity contribution is 6.03. The number of aromatic nitrogens is 2. The number of benzene rings is 2. The van der Waals surface area contributed by atoms with Crippen LogP contribution in [0, 0.1) is 0 Å². The van der Waals surface area contributed by atoms with E-state index >= 15 is 0 Å². The quantitative estimate of drug-likeness (QED) is 0.380. The molecule has 35 heavy (non-hydrogen) atoms. The molecule has 0 saturated heterocycles. The molecule has 0 spiro atoms. The van der Waals surface area contributed by atoms with Gasteiger partial charge in [0.25, 0.3) is 5.91 Å². The normalized spacial score (nSPS) is 11.4. The molecule has 0 aliphatic heterocycles. The fraction of sp³-hybridized carbons (Fsp3) is 0.259. The summed E-state index contributed by atoms with van der Waals surface area (Å²) in [4.78, 5) is 28.8. The van der Waals surface area contributed by atoms with Gasteiger partial charge in [-0.15, -0.1) is 0 Å². The predicted molar refractivity (Wildman–Crippen MR) is 134 cm³/mol. The lowest BCUT2D eigenvalue weighted by Crippen LogP contribution is -2.12. The van der Waals surface area contributed by atoms with Gasteiger partial charge in [0, 0.05) is 46.9 Å². The molecule has 0 radical (unpaired) electrons. The number of hydrogen-bond donors (Lipinski definition) is 2.